The number of H-pyrrole nitrogens is 1. The molecule has 1 aliphatic heterocycles. The number of rotatable bonds is 3. The Morgan fingerprint density at radius 2 is 1.68 bits per heavy atom. The molecule has 0 bridgehead atoms. The van der Waals surface area contributed by atoms with Crippen LogP contribution in [0.4, 0.5) is 10.2 Å². The van der Waals surface area contributed by atoms with Gasteiger partial charge in [0.1, 0.15) is 5.82 Å². The Balaban J connectivity index is 1.82. The zero-order valence-corrected chi connectivity index (χ0v) is 13.5. The monoisotopic (exact) mass is 338 g/mol. The number of hydrogen-bond donors (Lipinski definition) is 1. The third kappa shape index (κ3) is 3.00. The van der Waals surface area contributed by atoms with Crippen molar-refractivity contribution < 1.29 is 9.15 Å². The number of aromatic nitrogens is 3. The quantitative estimate of drug-likeness (QED) is 0.746. The highest BCUT2D eigenvalue weighted by Gasteiger charge is 2.27. The van der Waals surface area contributed by atoms with Crippen molar-refractivity contribution in [2.75, 3.05) is 31.1 Å². The van der Waals surface area contributed by atoms with E-state index in [1.165, 1.54) is 12.1 Å². The lowest BCUT2D eigenvalue weighted by atomic mass is 10.0. The predicted octanol–water partition coefficient (Wildman–Crippen LogP) is 2.88. The van der Waals surface area contributed by atoms with Crippen LogP contribution in [-0.2, 0) is 0 Å². The standard InChI is InChI=1S/C18H17FN5O/c19-15-3-1-14(2-4-15)17-16(13-5-7-20-8-6-13)18(22-21-17)23-9-11-24(25)12-10-23/h1-8H,9-12H2,(H,21,22)/q+1. The Morgan fingerprint density at radius 3 is 2.36 bits per heavy atom. The number of nitrogens with zero attached hydrogens (tertiary/aromatic N) is 4. The molecule has 4 rings (SSSR count). The highest BCUT2D eigenvalue weighted by Crippen LogP contribution is 2.37. The van der Waals surface area contributed by atoms with Crippen LogP contribution < -0.4 is 4.90 Å². The van der Waals surface area contributed by atoms with Gasteiger partial charge in [0.05, 0.1) is 24.3 Å². The van der Waals surface area contributed by atoms with Crippen LogP contribution in [0.15, 0.2) is 48.8 Å². The number of piperazine rings is 1. The van der Waals surface area contributed by atoms with Crippen LogP contribution in [-0.4, -0.2) is 46.1 Å². The lowest BCUT2D eigenvalue weighted by Crippen LogP contribution is -2.41. The Hall–Kier alpha value is -3.09. The summed E-state index contributed by atoms with van der Waals surface area (Å²) in [5.74, 6) is 0.527. The van der Waals surface area contributed by atoms with Crippen molar-refractivity contribution in [3.05, 3.63) is 59.5 Å². The molecule has 3 heterocycles. The number of halogens is 1. The third-order valence-electron chi connectivity index (χ3n) is 4.39. The normalized spacial score (nSPS) is 14.8. The fourth-order valence-electron chi connectivity index (χ4n) is 3.08. The molecule has 0 spiro atoms. The van der Waals surface area contributed by atoms with Gasteiger partial charge in [-0.3, -0.25) is 10.1 Å². The van der Waals surface area contributed by atoms with Crippen molar-refractivity contribution in [1.29, 1.82) is 0 Å². The van der Waals surface area contributed by atoms with Gasteiger partial charge in [-0.15, -0.1) is 0 Å². The second-order valence-corrected chi connectivity index (χ2v) is 5.96. The van der Waals surface area contributed by atoms with Gasteiger partial charge in [-0.05, 0) is 42.0 Å². The second-order valence-electron chi connectivity index (χ2n) is 5.96. The first kappa shape index (κ1) is 15.4. The van der Waals surface area contributed by atoms with E-state index in [1.807, 2.05) is 12.1 Å². The van der Waals surface area contributed by atoms with Crippen LogP contribution in [0.1, 0.15) is 0 Å². The van der Waals surface area contributed by atoms with Crippen LogP contribution in [0.3, 0.4) is 0 Å². The first-order valence-corrected chi connectivity index (χ1v) is 8.14. The summed E-state index contributed by atoms with van der Waals surface area (Å²) in [5.41, 5.74) is 3.59. The van der Waals surface area contributed by atoms with Gasteiger partial charge in [0.25, 0.3) is 0 Å². The van der Waals surface area contributed by atoms with Gasteiger partial charge in [0.15, 0.2) is 5.82 Å². The molecular formula is C18H17FN5O+. The lowest BCUT2D eigenvalue weighted by Gasteiger charge is -2.23. The minimum absolute atomic E-state index is 0.277. The molecule has 0 atom stereocenters. The van der Waals surface area contributed by atoms with E-state index >= 15 is 0 Å². The van der Waals surface area contributed by atoms with Crippen molar-refractivity contribution in [2.24, 2.45) is 0 Å². The minimum Gasteiger partial charge on any atom is -0.342 e. The molecule has 7 heteroatoms. The van der Waals surface area contributed by atoms with Gasteiger partial charge in [0, 0.05) is 27.6 Å². The highest BCUT2D eigenvalue weighted by molar-refractivity contribution is 5.88. The van der Waals surface area contributed by atoms with Gasteiger partial charge in [-0.1, -0.05) is 0 Å². The Kier molecular flexibility index (Phi) is 3.97. The molecule has 3 aromatic rings. The lowest BCUT2D eigenvalue weighted by molar-refractivity contribution is -0.550. The van der Waals surface area contributed by atoms with E-state index < -0.39 is 0 Å². The molecule has 1 aliphatic rings. The summed E-state index contributed by atoms with van der Waals surface area (Å²) in [4.78, 5) is 17.7. The summed E-state index contributed by atoms with van der Waals surface area (Å²) in [6.07, 6.45) is 3.46. The van der Waals surface area contributed by atoms with Crippen molar-refractivity contribution >= 4 is 5.82 Å². The molecule has 0 radical (unpaired) electrons. The molecule has 1 N–H and O–H groups in total. The summed E-state index contributed by atoms with van der Waals surface area (Å²) in [5, 5.41) is 7.60. The van der Waals surface area contributed by atoms with Gasteiger partial charge in [0.2, 0.25) is 13.1 Å². The van der Waals surface area contributed by atoms with Gasteiger partial charge >= 0.3 is 0 Å². The first-order valence-electron chi connectivity index (χ1n) is 8.14. The van der Waals surface area contributed by atoms with Crippen LogP contribution in [0.25, 0.3) is 22.4 Å². The number of benzene rings is 1. The first-order chi connectivity index (χ1) is 12.2. The number of pyridine rings is 1. The topological polar surface area (TPSA) is 64.9 Å². The van der Waals surface area contributed by atoms with Gasteiger partial charge < -0.3 is 4.90 Å². The second kappa shape index (κ2) is 6.43. The maximum atomic E-state index is 13.3. The van der Waals surface area contributed by atoms with Crippen LogP contribution in [0.2, 0.25) is 0 Å². The zero-order chi connectivity index (χ0) is 17.2. The summed E-state index contributed by atoms with van der Waals surface area (Å²) < 4.78 is 14.3. The number of anilines is 1. The molecule has 6 nitrogen and oxygen atoms in total. The molecule has 25 heavy (non-hydrogen) atoms. The maximum absolute atomic E-state index is 13.3. The smallest absolute Gasteiger partial charge is 0.209 e. The van der Waals surface area contributed by atoms with E-state index in [4.69, 9.17) is 0 Å². The fraction of sp³-hybridized carbons (Fsp3) is 0.222. The largest absolute Gasteiger partial charge is 0.342 e. The summed E-state index contributed by atoms with van der Waals surface area (Å²) in [6.45, 7) is 2.15. The predicted molar refractivity (Wildman–Crippen MR) is 92.8 cm³/mol. The summed E-state index contributed by atoms with van der Waals surface area (Å²) in [7, 11) is 0. The molecule has 126 valence electrons. The molecular weight excluding hydrogens is 321 g/mol. The van der Waals surface area contributed by atoms with E-state index in [2.05, 4.69) is 20.1 Å². The van der Waals surface area contributed by atoms with Gasteiger partial charge in [-0.25, -0.2) is 4.39 Å². The molecule has 1 fully saturated rings. The summed E-state index contributed by atoms with van der Waals surface area (Å²) >= 11 is 0. The molecule has 2 aromatic heterocycles. The maximum Gasteiger partial charge on any atom is 0.209 e. The molecule has 1 aromatic carbocycles. The average molecular weight is 338 g/mol. The fourth-order valence-corrected chi connectivity index (χ4v) is 3.08. The Bertz CT molecular complexity index is 882. The molecule has 0 unspecified atom stereocenters. The van der Waals surface area contributed by atoms with Crippen LogP contribution >= 0.6 is 0 Å². The SMILES string of the molecule is O=[N+]1CCN(c2n[nH]c(-c3ccc(F)cc3)c2-c2ccncc2)CC1. The van der Waals surface area contributed by atoms with E-state index in [-0.39, 0.29) is 5.82 Å². The van der Waals surface area contributed by atoms with Crippen molar-refractivity contribution in [1.82, 2.24) is 15.2 Å². The van der Waals surface area contributed by atoms with E-state index in [9.17, 15) is 9.30 Å². The highest BCUT2D eigenvalue weighted by atomic mass is 19.1. The van der Waals surface area contributed by atoms with Crippen LogP contribution in [0, 0.1) is 10.7 Å². The summed E-state index contributed by atoms with van der Waals surface area (Å²) in [6, 6.07) is 10.2. The number of hydrogen-bond acceptors (Lipinski definition) is 4. The van der Waals surface area contributed by atoms with E-state index in [1.54, 1.807) is 24.5 Å². The third-order valence-corrected chi connectivity index (χ3v) is 4.39. The van der Waals surface area contributed by atoms with E-state index in [0.29, 0.717) is 26.2 Å². The number of aromatic amines is 1. The number of nitroso groups, excluding NO2 is 1. The minimum atomic E-state index is -0.277. The number of nitrogens with one attached hydrogen (secondary N) is 1. The Labute approximate surface area is 143 Å². The van der Waals surface area contributed by atoms with Crippen molar-refractivity contribution in [3.8, 4) is 22.4 Å². The molecule has 0 aliphatic carbocycles. The van der Waals surface area contributed by atoms with Gasteiger partial charge in [-0.2, -0.15) is 5.10 Å². The molecule has 0 saturated carbocycles. The molecule has 1 saturated heterocycles. The van der Waals surface area contributed by atoms with Crippen molar-refractivity contribution in [3.63, 3.8) is 0 Å². The molecule has 0 amide bonds. The zero-order valence-electron chi connectivity index (χ0n) is 13.5. The average Bonchev–Trinajstić information content (AvgIpc) is 3.09. The van der Waals surface area contributed by atoms with E-state index in [0.717, 1.165) is 33.0 Å². The van der Waals surface area contributed by atoms with Crippen LogP contribution in [0.5, 0.6) is 0 Å². The van der Waals surface area contributed by atoms with Crippen molar-refractivity contribution in [2.45, 2.75) is 0 Å². The Morgan fingerprint density at radius 1 is 1.00 bits per heavy atom.